The molecule has 0 saturated heterocycles. The summed E-state index contributed by atoms with van der Waals surface area (Å²) >= 11 is 0. The molecule has 0 atom stereocenters. The highest BCUT2D eigenvalue weighted by Crippen LogP contribution is 2.29. The van der Waals surface area contributed by atoms with Gasteiger partial charge in [-0.25, -0.2) is 0 Å². The molecule has 1 N–H and O–H groups in total. The Morgan fingerprint density at radius 2 is 1.63 bits per heavy atom. The number of nitrogens with one attached hydrogen (secondary N) is 1. The van der Waals surface area contributed by atoms with E-state index in [0.717, 1.165) is 12.1 Å². The molecular formula is C20H21F3N2O2. The Hall–Kier alpha value is -2.83. The maximum Gasteiger partial charge on any atom is 0.416 e. The van der Waals surface area contributed by atoms with E-state index in [9.17, 15) is 22.8 Å². The standard InChI is InChI=1S/C20H21F3N2O2/c1-25(14-15-9-11-17(12-10-15)20(21,22)23)18(26)8-5-13-24-19(27)16-6-3-2-4-7-16/h2-4,6-7,9-12H,5,8,13-14H2,1H3,(H,24,27). The van der Waals surface area contributed by atoms with Crippen LogP contribution in [0.15, 0.2) is 54.6 Å². The minimum Gasteiger partial charge on any atom is -0.352 e. The lowest BCUT2D eigenvalue weighted by molar-refractivity contribution is -0.137. The number of halogens is 3. The molecule has 2 amide bonds. The zero-order chi connectivity index (χ0) is 19.9. The molecule has 2 aromatic carbocycles. The number of carbonyl (C=O) groups excluding carboxylic acids is 2. The van der Waals surface area contributed by atoms with E-state index >= 15 is 0 Å². The largest absolute Gasteiger partial charge is 0.416 e. The number of carbonyl (C=O) groups is 2. The van der Waals surface area contributed by atoms with E-state index in [-0.39, 0.29) is 24.8 Å². The summed E-state index contributed by atoms with van der Waals surface area (Å²) in [5, 5.41) is 2.75. The minimum absolute atomic E-state index is 0.135. The minimum atomic E-state index is -4.37. The predicted octanol–water partition coefficient (Wildman–Crippen LogP) is 3.87. The molecule has 7 heteroatoms. The molecule has 4 nitrogen and oxygen atoms in total. The number of nitrogens with zero attached hydrogens (tertiary/aromatic N) is 1. The molecule has 0 unspecified atom stereocenters. The SMILES string of the molecule is CN(Cc1ccc(C(F)(F)F)cc1)C(=O)CCCNC(=O)c1ccccc1. The fourth-order valence-electron chi connectivity index (χ4n) is 2.49. The second kappa shape index (κ2) is 9.21. The zero-order valence-corrected chi connectivity index (χ0v) is 14.9. The van der Waals surface area contributed by atoms with Crippen LogP contribution in [-0.2, 0) is 17.5 Å². The van der Waals surface area contributed by atoms with Crippen LogP contribution in [-0.4, -0.2) is 30.3 Å². The third-order valence-electron chi connectivity index (χ3n) is 4.02. The number of benzene rings is 2. The van der Waals surface area contributed by atoms with Crippen molar-refractivity contribution in [2.75, 3.05) is 13.6 Å². The lowest BCUT2D eigenvalue weighted by atomic mass is 10.1. The predicted molar refractivity (Wildman–Crippen MR) is 95.9 cm³/mol. The quantitative estimate of drug-likeness (QED) is 0.744. The summed E-state index contributed by atoms with van der Waals surface area (Å²) in [5.41, 5.74) is 0.467. The summed E-state index contributed by atoms with van der Waals surface area (Å²) in [6.45, 7) is 0.598. The number of alkyl halides is 3. The van der Waals surface area contributed by atoms with E-state index in [4.69, 9.17) is 0 Å². The summed E-state index contributed by atoms with van der Waals surface area (Å²) in [6.07, 6.45) is -3.65. The molecule has 0 aliphatic heterocycles. The molecule has 0 aromatic heterocycles. The number of rotatable bonds is 7. The summed E-state index contributed by atoms with van der Waals surface area (Å²) in [4.78, 5) is 25.5. The van der Waals surface area contributed by atoms with Crippen LogP contribution in [0.4, 0.5) is 13.2 Å². The van der Waals surface area contributed by atoms with Crippen LogP contribution in [0.25, 0.3) is 0 Å². The van der Waals surface area contributed by atoms with Crippen molar-refractivity contribution in [2.45, 2.75) is 25.6 Å². The molecule has 0 heterocycles. The van der Waals surface area contributed by atoms with Crippen molar-refractivity contribution in [3.8, 4) is 0 Å². The van der Waals surface area contributed by atoms with Gasteiger partial charge in [-0.2, -0.15) is 13.2 Å². The molecule has 0 fully saturated rings. The number of hydrogen-bond acceptors (Lipinski definition) is 2. The fraction of sp³-hybridized carbons (Fsp3) is 0.300. The maximum absolute atomic E-state index is 12.6. The van der Waals surface area contributed by atoms with Crippen molar-refractivity contribution >= 4 is 11.8 Å². The van der Waals surface area contributed by atoms with Gasteiger partial charge in [0.25, 0.3) is 5.91 Å². The normalized spacial score (nSPS) is 11.1. The average molecular weight is 378 g/mol. The van der Waals surface area contributed by atoms with Crippen molar-refractivity contribution < 1.29 is 22.8 Å². The third kappa shape index (κ3) is 6.44. The van der Waals surface area contributed by atoms with E-state index in [1.54, 1.807) is 31.3 Å². The zero-order valence-electron chi connectivity index (χ0n) is 14.9. The van der Waals surface area contributed by atoms with Crippen molar-refractivity contribution in [3.05, 3.63) is 71.3 Å². The lowest BCUT2D eigenvalue weighted by Gasteiger charge is -2.18. The molecule has 0 saturated carbocycles. The molecule has 27 heavy (non-hydrogen) atoms. The van der Waals surface area contributed by atoms with Gasteiger partial charge in [0.2, 0.25) is 5.91 Å². The molecule has 144 valence electrons. The Morgan fingerprint density at radius 3 is 2.22 bits per heavy atom. The van der Waals surface area contributed by atoms with Crippen LogP contribution in [0, 0.1) is 0 Å². The summed E-state index contributed by atoms with van der Waals surface area (Å²) < 4.78 is 37.7. The highest BCUT2D eigenvalue weighted by molar-refractivity contribution is 5.94. The van der Waals surface area contributed by atoms with Crippen molar-refractivity contribution in [3.63, 3.8) is 0 Å². The highest BCUT2D eigenvalue weighted by atomic mass is 19.4. The maximum atomic E-state index is 12.6. The molecule has 2 rings (SSSR count). The van der Waals surface area contributed by atoms with E-state index in [0.29, 0.717) is 24.1 Å². The molecule has 0 spiro atoms. The second-order valence-corrected chi connectivity index (χ2v) is 6.17. The van der Waals surface area contributed by atoms with Crippen molar-refractivity contribution in [2.24, 2.45) is 0 Å². The highest BCUT2D eigenvalue weighted by Gasteiger charge is 2.29. The van der Waals surface area contributed by atoms with Crippen molar-refractivity contribution in [1.29, 1.82) is 0 Å². The topological polar surface area (TPSA) is 49.4 Å². The van der Waals surface area contributed by atoms with E-state index in [2.05, 4.69) is 5.32 Å². The Morgan fingerprint density at radius 1 is 1.00 bits per heavy atom. The molecule has 2 aromatic rings. The van der Waals surface area contributed by atoms with Gasteiger partial charge >= 0.3 is 6.18 Å². The molecular weight excluding hydrogens is 357 g/mol. The number of amides is 2. The first kappa shape index (κ1) is 20.5. The molecule has 0 bridgehead atoms. The van der Waals surface area contributed by atoms with Crippen LogP contribution < -0.4 is 5.32 Å². The van der Waals surface area contributed by atoms with Gasteiger partial charge in [-0.05, 0) is 36.2 Å². The van der Waals surface area contributed by atoms with Gasteiger partial charge in [-0.15, -0.1) is 0 Å². The molecule has 0 aliphatic rings. The van der Waals surface area contributed by atoms with Gasteiger partial charge in [0.1, 0.15) is 0 Å². The van der Waals surface area contributed by atoms with E-state index < -0.39 is 11.7 Å². The van der Waals surface area contributed by atoms with Gasteiger partial charge in [0.05, 0.1) is 5.56 Å². The first-order valence-corrected chi connectivity index (χ1v) is 8.50. The second-order valence-electron chi connectivity index (χ2n) is 6.17. The summed E-state index contributed by atoms with van der Waals surface area (Å²) in [6, 6.07) is 13.5. The van der Waals surface area contributed by atoms with Gasteiger partial charge in [0.15, 0.2) is 0 Å². The lowest BCUT2D eigenvalue weighted by Crippen LogP contribution is -2.28. The first-order chi connectivity index (χ1) is 12.8. The Bertz CT molecular complexity index is 759. The van der Waals surface area contributed by atoms with Crippen LogP contribution in [0.3, 0.4) is 0 Å². The Labute approximate surface area is 156 Å². The van der Waals surface area contributed by atoms with Gasteiger partial charge in [0, 0.05) is 32.1 Å². The fourth-order valence-corrected chi connectivity index (χ4v) is 2.49. The molecule has 0 aliphatic carbocycles. The monoisotopic (exact) mass is 378 g/mol. The van der Waals surface area contributed by atoms with Crippen molar-refractivity contribution in [1.82, 2.24) is 10.2 Å². The third-order valence-corrected chi connectivity index (χ3v) is 4.02. The molecule has 0 radical (unpaired) electrons. The smallest absolute Gasteiger partial charge is 0.352 e. The summed E-state index contributed by atoms with van der Waals surface area (Å²) in [5.74, 6) is -0.329. The van der Waals surface area contributed by atoms with Crippen LogP contribution in [0.5, 0.6) is 0 Å². The van der Waals surface area contributed by atoms with Crippen LogP contribution >= 0.6 is 0 Å². The van der Waals surface area contributed by atoms with Gasteiger partial charge in [-0.1, -0.05) is 30.3 Å². The van der Waals surface area contributed by atoms with Gasteiger partial charge in [-0.3, -0.25) is 9.59 Å². The Kier molecular flexibility index (Phi) is 6.98. The van der Waals surface area contributed by atoms with Gasteiger partial charge < -0.3 is 10.2 Å². The first-order valence-electron chi connectivity index (χ1n) is 8.50. The Balaban J connectivity index is 1.73. The van der Waals surface area contributed by atoms with Crippen LogP contribution in [0.2, 0.25) is 0 Å². The van der Waals surface area contributed by atoms with E-state index in [1.807, 2.05) is 6.07 Å². The van der Waals surface area contributed by atoms with Crippen LogP contribution in [0.1, 0.15) is 34.3 Å². The van der Waals surface area contributed by atoms with E-state index in [1.165, 1.54) is 17.0 Å². The number of hydrogen-bond donors (Lipinski definition) is 1. The summed E-state index contributed by atoms with van der Waals surface area (Å²) in [7, 11) is 1.60. The average Bonchev–Trinajstić information content (AvgIpc) is 2.65.